The summed E-state index contributed by atoms with van der Waals surface area (Å²) in [5.74, 6) is 0. The van der Waals surface area contributed by atoms with Crippen LogP contribution in [-0.2, 0) is 17.7 Å². The van der Waals surface area contributed by atoms with Crippen LogP contribution in [0.4, 0.5) is 0 Å². The number of thiazole rings is 1. The van der Waals surface area contributed by atoms with Gasteiger partial charge in [0.05, 0.1) is 16.8 Å². The third-order valence-electron chi connectivity index (χ3n) is 3.19. The molecule has 2 rings (SSSR count). The van der Waals surface area contributed by atoms with Crippen molar-refractivity contribution < 1.29 is 4.74 Å². The van der Waals surface area contributed by atoms with E-state index in [-0.39, 0.29) is 0 Å². The highest BCUT2D eigenvalue weighted by Gasteiger charge is 2.21. The summed E-state index contributed by atoms with van der Waals surface area (Å²) in [6.45, 7) is 6.18. The number of nitrogens with one attached hydrogen (secondary N) is 1. The molecular weight excluding hydrogens is 232 g/mol. The summed E-state index contributed by atoms with van der Waals surface area (Å²) in [6.07, 6.45) is 5.06. The Morgan fingerprint density at radius 3 is 3.24 bits per heavy atom. The number of aromatic nitrogens is 1. The fourth-order valence-corrected chi connectivity index (χ4v) is 3.05. The van der Waals surface area contributed by atoms with E-state index in [1.54, 1.807) is 11.3 Å². The Hall–Kier alpha value is -0.450. The van der Waals surface area contributed by atoms with Crippen LogP contribution in [0.5, 0.6) is 0 Å². The Morgan fingerprint density at radius 2 is 2.53 bits per heavy atom. The van der Waals surface area contributed by atoms with Gasteiger partial charge >= 0.3 is 0 Å². The number of aryl methyl sites for hydroxylation is 1. The standard InChI is InChI=1S/C13H22N2OS/c1-3-5-13-15-11(9-17-13)8-14-10(2)12-6-4-7-16-12/h9-10,12,14H,3-8H2,1-2H3/t10-,12+/m0/s1. The molecule has 1 aromatic rings. The Labute approximate surface area is 108 Å². The van der Waals surface area contributed by atoms with Crippen molar-refractivity contribution in [3.8, 4) is 0 Å². The van der Waals surface area contributed by atoms with Gasteiger partial charge in [0.1, 0.15) is 0 Å². The van der Waals surface area contributed by atoms with Crippen molar-refractivity contribution in [2.24, 2.45) is 0 Å². The quantitative estimate of drug-likeness (QED) is 0.847. The molecular formula is C13H22N2OS. The molecule has 0 bridgehead atoms. The molecule has 17 heavy (non-hydrogen) atoms. The van der Waals surface area contributed by atoms with Crippen LogP contribution in [0.1, 0.15) is 43.8 Å². The van der Waals surface area contributed by atoms with Gasteiger partial charge in [-0.25, -0.2) is 4.98 Å². The number of rotatable bonds is 6. The molecule has 0 saturated carbocycles. The van der Waals surface area contributed by atoms with E-state index in [0.29, 0.717) is 12.1 Å². The molecule has 1 aromatic heterocycles. The highest BCUT2D eigenvalue weighted by Crippen LogP contribution is 2.16. The first-order valence-electron chi connectivity index (χ1n) is 6.58. The van der Waals surface area contributed by atoms with E-state index in [1.807, 2.05) is 0 Å². The van der Waals surface area contributed by atoms with Crippen molar-refractivity contribution in [3.63, 3.8) is 0 Å². The molecule has 2 heterocycles. The van der Waals surface area contributed by atoms with Gasteiger partial charge in [-0.05, 0) is 32.6 Å². The molecule has 0 aromatic carbocycles. The first-order chi connectivity index (χ1) is 8.29. The predicted octanol–water partition coefficient (Wildman–Crippen LogP) is 2.75. The average molecular weight is 254 g/mol. The molecule has 2 atom stereocenters. The molecule has 1 fully saturated rings. The fraction of sp³-hybridized carbons (Fsp3) is 0.769. The maximum absolute atomic E-state index is 5.67. The number of hydrogen-bond donors (Lipinski definition) is 1. The molecule has 1 saturated heterocycles. The molecule has 0 radical (unpaired) electrons. The van der Waals surface area contributed by atoms with Gasteiger partial charge < -0.3 is 10.1 Å². The van der Waals surface area contributed by atoms with E-state index in [1.165, 1.54) is 30.0 Å². The largest absolute Gasteiger partial charge is 0.377 e. The zero-order valence-corrected chi connectivity index (χ0v) is 11.6. The summed E-state index contributed by atoms with van der Waals surface area (Å²) in [5, 5.41) is 6.94. The Bertz CT molecular complexity index is 334. The Kier molecular flexibility index (Phi) is 4.95. The van der Waals surface area contributed by atoms with Crippen LogP contribution in [-0.4, -0.2) is 23.7 Å². The van der Waals surface area contributed by atoms with Gasteiger partial charge in [-0.1, -0.05) is 6.92 Å². The highest BCUT2D eigenvalue weighted by molar-refractivity contribution is 7.09. The molecule has 1 aliphatic heterocycles. The smallest absolute Gasteiger partial charge is 0.0928 e. The second-order valence-corrected chi connectivity index (χ2v) is 5.65. The molecule has 0 aliphatic carbocycles. The van der Waals surface area contributed by atoms with E-state index in [0.717, 1.165) is 19.6 Å². The summed E-state index contributed by atoms with van der Waals surface area (Å²) in [7, 11) is 0. The maximum Gasteiger partial charge on any atom is 0.0928 e. The first kappa shape index (κ1) is 13.0. The van der Waals surface area contributed by atoms with Crippen LogP contribution in [0, 0.1) is 0 Å². The van der Waals surface area contributed by atoms with Gasteiger partial charge in [0.15, 0.2) is 0 Å². The lowest BCUT2D eigenvalue weighted by Crippen LogP contribution is -2.36. The summed E-state index contributed by atoms with van der Waals surface area (Å²) in [4.78, 5) is 4.61. The van der Waals surface area contributed by atoms with Gasteiger partial charge in [0.25, 0.3) is 0 Å². The Balaban J connectivity index is 1.76. The van der Waals surface area contributed by atoms with Crippen LogP contribution < -0.4 is 5.32 Å². The molecule has 96 valence electrons. The van der Waals surface area contributed by atoms with Crippen LogP contribution >= 0.6 is 11.3 Å². The minimum absolute atomic E-state index is 0.392. The minimum Gasteiger partial charge on any atom is -0.377 e. The van der Waals surface area contributed by atoms with Crippen LogP contribution in [0.25, 0.3) is 0 Å². The van der Waals surface area contributed by atoms with E-state index in [2.05, 4.69) is 29.5 Å². The third-order valence-corrected chi connectivity index (χ3v) is 4.15. The zero-order chi connectivity index (χ0) is 12.1. The fourth-order valence-electron chi connectivity index (χ4n) is 2.15. The van der Waals surface area contributed by atoms with Gasteiger partial charge in [-0.3, -0.25) is 0 Å². The van der Waals surface area contributed by atoms with Crippen molar-refractivity contribution in [3.05, 3.63) is 16.1 Å². The first-order valence-corrected chi connectivity index (χ1v) is 7.46. The number of nitrogens with zero attached hydrogens (tertiary/aromatic N) is 1. The molecule has 0 amide bonds. The minimum atomic E-state index is 0.392. The van der Waals surface area contributed by atoms with Gasteiger partial charge in [0, 0.05) is 24.6 Å². The summed E-state index contributed by atoms with van der Waals surface area (Å²) in [5.41, 5.74) is 1.17. The molecule has 0 unspecified atom stereocenters. The van der Waals surface area contributed by atoms with E-state index in [4.69, 9.17) is 4.74 Å². The van der Waals surface area contributed by atoms with Crippen molar-refractivity contribution in [1.82, 2.24) is 10.3 Å². The summed E-state index contributed by atoms with van der Waals surface area (Å²) < 4.78 is 5.67. The molecule has 1 aliphatic rings. The summed E-state index contributed by atoms with van der Waals surface area (Å²) in [6, 6.07) is 0.425. The van der Waals surface area contributed by atoms with Gasteiger partial charge in [-0.2, -0.15) is 0 Å². The average Bonchev–Trinajstić information content (AvgIpc) is 2.97. The van der Waals surface area contributed by atoms with E-state index >= 15 is 0 Å². The normalized spacial score (nSPS) is 21.9. The maximum atomic E-state index is 5.67. The second-order valence-electron chi connectivity index (χ2n) is 4.70. The third kappa shape index (κ3) is 3.76. The second kappa shape index (κ2) is 6.47. The lowest BCUT2D eigenvalue weighted by atomic mass is 10.1. The van der Waals surface area contributed by atoms with Crippen molar-refractivity contribution in [1.29, 1.82) is 0 Å². The van der Waals surface area contributed by atoms with E-state index in [9.17, 15) is 0 Å². The monoisotopic (exact) mass is 254 g/mol. The van der Waals surface area contributed by atoms with Gasteiger partial charge in [0.2, 0.25) is 0 Å². The van der Waals surface area contributed by atoms with Crippen LogP contribution in [0.3, 0.4) is 0 Å². The van der Waals surface area contributed by atoms with Crippen LogP contribution in [0.15, 0.2) is 5.38 Å². The molecule has 0 spiro atoms. The molecule has 4 heteroatoms. The zero-order valence-electron chi connectivity index (χ0n) is 10.7. The predicted molar refractivity (Wildman–Crippen MR) is 71.4 cm³/mol. The van der Waals surface area contributed by atoms with Crippen LogP contribution in [0.2, 0.25) is 0 Å². The lowest BCUT2D eigenvalue weighted by Gasteiger charge is -2.19. The highest BCUT2D eigenvalue weighted by atomic mass is 32.1. The number of ether oxygens (including phenoxy) is 1. The molecule has 1 N–H and O–H groups in total. The van der Waals surface area contributed by atoms with E-state index < -0.39 is 0 Å². The Morgan fingerprint density at radius 1 is 1.65 bits per heavy atom. The van der Waals surface area contributed by atoms with Gasteiger partial charge in [-0.15, -0.1) is 11.3 Å². The topological polar surface area (TPSA) is 34.2 Å². The molecule has 3 nitrogen and oxygen atoms in total. The van der Waals surface area contributed by atoms with Crippen molar-refractivity contribution >= 4 is 11.3 Å². The number of hydrogen-bond acceptors (Lipinski definition) is 4. The lowest BCUT2D eigenvalue weighted by molar-refractivity contribution is 0.0831. The van der Waals surface area contributed by atoms with Crippen molar-refractivity contribution in [2.75, 3.05) is 6.61 Å². The SMILES string of the molecule is CCCc1nc(CN[C@@H](C)[C@H]2CCCO2)cs1. The van der Waals surface area contributed by atoms with Crippen molar-refractivity contribution in [2.45, 2.75) is 58.2 Å². The summed E-state index contributed by atoms with van der Waals surface area (Å²) >= 11 is 1.78.